The van der Waals surface area contributed by atoms with Crippen molar-refractivity contribution in [1.29, 1.82) is 0 Å². The first-order valence-corrected chi connectivity index (χ1v) is 25.3. The molecule has 0 unspecified atom stereocenters. The molecule has 0 atom stereocenters. The van der Waals surface area contributed by atoms with Crippen LogP contribution in [0.4, 0.5) is 0 Å². The molecule has 0 radical (unpaired) electrons. The van der Waals surface area contributed by atoms with Gasteiger partial charge in [0.25, 0.3) is 23.6 Å². The van der Waals surface area contributed by atoms with E-state index in [2.05, 4.69) is 166 Å². The molecule has 2 heterocycles. The van der Waals surface area contributed by atoms with Gasteiger partial charge in [-0.3, -0.25) is 29.0 Å². The molecule has 11 heteroatoms. The Bertz CT molecular complexity index is 2630. The lowest BCUT2D eigenvalue weighted by Crippen LogP contribution is -2.31. The summed E-state index contributed by atoms with van der Waals surface area (Å²) in [7, 11) is 0. The molecule has 0 spiro atoms. The van der Waals surface area contributed by atoms with E-state index >= 15 is 0 Å². The SMILES string of the molecule is CC1(CCCCN2C(=O)c3ccccc3C2=O)c2cc(Br)ccc2-c2ccc(Br)cc21.CC1c2cc(Br)ccc2-c2ccc(Br)cc21.O=C1c2ccccc2C(=O)N1CCCCBr. The second-order valence-electron chi connectivity index (χ2n) is 16.4. The summed E-state index contributed by atoms with van der Waals surface area (Å²) in [5, 5.41) is 0.899. The fourth-order valence-electron chi connectivity index (χ4n) is 9.27. The van der Waals surface area contributed by atoms with Crippen LogP contribution in [0.25, 0.3) is 22.3 Å². The molecule has 0 N–H and O–H groups in total. The van der Waals surface area contributed by atoms with Crippen LogP contribution in [0.15, 0.2) is 139 Å². The van der Waals surface area contributed by atoms with E-state index in [0.29, 0.717) is 41.3 Å². The van der Waals surface area contributed by atoms with Crippen LogP contribution >= 0.6 is 79.6 Å². The zero-order valence-electron chi connectivity index (χ0n) is 34.7. The highest BCUT2D eigenvalue weighted by molar-refractivity contribution is 9.11. The number of imide groups is 2. The maximum absolute atomic E-state index is 12.6. The molecule has 6 aromatic rings. The zero-order valence-corrected chi connectivity index (χ0v) is 42.6. The number of carbonyl (C=O) groups is 4. The number of hydrogen-bond acceptors (Lipinski definition) is 4. The standard InChI is InChI=1S/C26H21Br2NO2.C14H10Br2.C12H12BrNO2/c1-26(12-4-5-13-29-24(30)20-6-2-3-7-21(20)25(29)31)22-14-16(27)8-10-18(22)19-11-9-17(28)15-23(19)26;1-8-13-6-9(15)2-4-11(13)12-5-3-10(16)7-14(8)12;13-7-3-4-8-14-11(15)9-5-1-2-6-10(9)12(14)16/h2-3,6-11,14-15H,4-5,12-13H2,1H3;2-8H,1H3;1-2,5-6H,3-4,7-8H2. The van der Waals surface area contributed by atoms with Gasteiger partial charge in [0.05, 0.1) is 22.3 Å². The molecule has 320 valence electrons. The number of fused-ring (bicyclic) bond motifs is 8. The molecule has 63 heavy (non-hydrogen) atoms. The number of carbonyl (C=O) groups excluding carboxylic acids is 4. The number of nitrogens with zero attached hydrogens (tertiary/aromatic N) is 2. The molecule has 0 saturated heterocycles. The minimum Gasteiger partial charge on any atom is -0.274 e. The van der Waals surface area contributed by atoms with E-state index < -0.39 is 0 Å². The summed E-state index contributed by atoms with van der Waals surface area (Å²) in [5.74, 6) is -0.169. The molecule has 4 amide bonds. The second-order valence-corrected chi connectivity index (χ2v) is 20.8. The van der Waals surface area contributed by atoms with Crippen molar-refractivity contribution >= 4 is 103 Å². The smallest absolute Gasteiger partial charge is 0.261 e. The van der Waals surface area contributed by atoms with Gasteiger partial charge >= 0.3 is 0 Å². The van der Waals surface area contributed by atoms with Crippen LogP contribution in [0.3, 0.4) is 0 Å². The summed E-state index contributed by atoms with van der Waals surface area (Å²) in [4.78, 5) is 51.8. The molecular weight excluding hydrogens is 1120 g/mol. The monoisotopic (exact) mass is 1150 g/mol. The lowest BCUT2D eigenvalue weighted by atomic mass is 9.76. The average molecular weight is 1160 g/mol. The van der Waals surface area contributed by atoms with Crippen molar-refractivity contribution in [2.45, 2.75) is 57.3 Å². The summed E-state index contributed by atoms with van der Waals surface area (Å²) in [6, 6.07) is 40.2. The van der Waals surface area contributed by atoms with E-state index in [1.165, 1.54) is 54.3 Å². The Hall–Kier alpha value is -4.00. The van der Waals surface area contributed by atoms with Gasteiger partial charge in [0.1, 0.15) is 0 Å². The van der Waals surface area contributed by atoms with E-state index in [4.69, 9.17) is 0 Å². The largest absolute Gasteiger partial charge is 0.274 e. The van der Waals surface area contributed by atoms with E-state index in [1.807, 2.05) is 0 Å². The number of rotatable bonds is 9. The van der Waals surface area contributed by atoms with Gasteiger partial charge in [0.2, 0.25) is 0 Å². The van der Waals surface area contributed by atoms with E-state index in [1.54, 1.807) is 48.5 Å². The molecule has 0 saturated carbocycles. The van der Waals surface area contributed by atoms with Crippen LogP contribution in [0.5, 0.6) is 0 Å². The summed E-state index contributed by atoms with van der Waals surface area (Å²) in [6.07, 6.45) is 4.46. The molecule has 2 aliphatic heterocycles. The van der Waals surface area contributed by atoms with Gasteiger partial charge in [0, 0.05) is 47.6 Å². The number of benzene rings is 6. The third-order valence-electron chi connectivity index (χ3n) is 12.5. The van der Waals surface area contributed by atoms with E-state index in [0.717, 1.165) is 55.3 Å². The highest BCUT2D eigenvalue weighted by Crippen LogP contribution is 2.52. The van der Waals surface area contributed by atoms with E-state index in [9.17, 15) is 19.2 Å². The minimum atomic E-state index is -0.170. The number of hydrogen-bond donors (Lipinski definition) is 0. The topological polar surface area (TPSA) is 74.8 Å². The maximum atomic E-state index is 12.6. The quantitative estimate of drug-likeness (QED) is 0.0821. The molecule has 6 aromatic carbocycles. The van der Waals surface area contributed by atoms with Crippen LogP contribution in [0, 0.1) is 0 Å². The fraction of sp³-hybridized carbons (Fsp3) is 0.231. The van der Waals surface area contributed by atoms with Gasteiger partial charge in [-0.15, -0.1) is 0 Å². The fourth-order valence-corrected chi connectivity index (χ4v) is 11.1. The first kappa shape index (κ1) is 45.6. The molecule has 6 nitrogen and oxygen atoms in total. The van der Waals surface area contributed by atoms with Gasteiger partial charge in [-0.2, -0.15) is 0 Å². The van der Waals surface area contributed by atoms with Crippen LogP contribution in [-0.4, -0.2) is 51.8 Å². The highest BCUT2D eigenvalue weighted by Gasteiger charge is 2.40. The van der Waals surface area contributed by atoms with Crippen molar-refractivity contribution in [3.63, 3.8) is 0 Å². The molecule has 0 aromatic heterocycles. The average Bonchev–Trinajstić information content (AvgIpc) is 3.88. The van der Waals surface area contributed by atoms with Crippen LogP contribution in [0.1, 0.15) is 116 Å². The normalized spacial score (nSPS) is 14.9. The molecule has 2 aliphatic carbocycles. The Morgan fingerprint density at radius 3 is 1.19 bits per heavy atom. The van der Waals surface area contributed by atoms with Crippen LogP contribution in [0.2, 0.25) is 0 Å². The van der Waals surface area contributed by atoms with Crippen molar-refractivity contribution < 1.29 is 19.2 Å². The number of unbranched alkanes of at least 4 members (excludes halogenated alkanes) is 2. The lowest BCUT2D eigenvalue weighted by molar-refractivity contribution is 0.0636. The molecule has 10 rings (SSSR count). The summed E-state index contributed by atoms with van der Waals surface area (Å²) < 4.78 is 4.47. The lowest BCUT2D eigenvalue weighted by Gasteiger charge is -2.28. The minimum absolute atomic E-state index is 0.111. The second kappa shape index (κ2) is 19.2. The van der Waals surface area contributed by atoms with Crippen molar-refractivity contribution in [3.8, 4) is 22.3 Å². The first-order valence-electron chi connectivity index (χ1n) is 21.0. The number of amides is 4. The number of alkyl halides is 1. The maximum Gasteiger partial charge on any atom is 0.261 e. The van der Waals surface area contributed by atoms with Crippen LogP contribution < -0.4 is 0 Å². The first-order chi connectivity index (χ1) is 30.3. The predicted molar refractivity (Wildman–Crippen MR) is 269 cm³/mol. The summed E-state index contributed by atoms with van der Waals surface area (Å²) in [5.41, 5.74) is 12.8. The molecule has 0 fully saturated rings. The van der Waals surface area contributed by atoms with Gasteiger partial charge < -0.3 is 0 Å². The Labute approximate surface area is 410 Å². The van der Waals surface area contributed by atoms with Gasteiger partial charge in [-0.25, -0.2) is 0 Å². The predicted octanol–water partition coefficient (Wildman–Crippen LogP) is 14.8. The molecular formula is C52H43Br5N2O4. The summed E-state index contributed by atoms with van der Waals surface area (Å²) >= 11 is 17.7. The molecule has 4 aliphatic rings. The van der Waals surface area contributed by atoms with Gasteiger partial charge in [0.15, 0.2) is 0 Å². The van der Waals surface area contributed by atoms with Crippen molar-refractivity contribution in [1.82, 2.24) is 9.80 Å². The summed E-state index contributed by atoms with van der Waals surface area (Å²) in [6.45, 7) is 5.54. The van der Waals surface area contributed by atoms with Crippen LogP contribution in [-0.2, 0) is 5.41 Å². The Morgan fingerprint density at radius 2 is 0.810 bits per heavy atom. The Morgan fingerprint density at radius 1 is 0.460 bits per heavy atom. The zero-order chi connectivity index (χ0) is 44.6. The van der Waals surface area contributed by atoms with Crippen molar-refractivity contribution in [2.75, 3.05) is 18.4 Å². The third-order valence-corrected chi connectivity index (χ3v) is 15.1. The Balaban J connectivity index is 0.000000143. The molecule has 0 bridgehead atoms. The Kier molecular flexibility index (Phi) is 13.9. The highest BCUT2D eigenvalue weighted by atomic mass is 79.9. The van der Waals surface area contributed by atoms with Gasteiger partial charge in [-0.05, 0) is 143 Å². The van der Waals surface area contributed by atoms with E-state index in [-0.39, 0.29) is 29.0 Å². The van der Waals surface area contributed by atoms with Crippen molar-refractivity contribution in [2.24, 2.45) is 0 Å². The van der Waals surface area contributed by atoms with Gasteiger partial charge in [-0.1, -0.05) is 148 Å². The van der Waals surface area contributed by atoms with Crippen molar-refractivity contribution in [3.05, 3.63) is 184 Å². The number of halogens is 5. The third kappa shape index (κ3) is 8.89.